The molecule has 6 heteroatoms. The molecule has 0 radical (unpaired) electrons. The van der Waals surface area contributed by atoms with E-state index in [-0.39, 0.29) is 17.5 Å². The van der Waals surface area contributed by atoms with E-state index < -0.39 is 5.60 Å². The molecule has 0 aliphatic carbocycles. The fourth-order valence-electron chi connectivity index (χ4n) is 4.87. The normalized spacial score (nSPS) is 21.0. The van der Waals surface area contributed by atoms with E-state index in [4.69, 9.17) is 4.74 Å². The van der Waals surface area contributed by atoms with Crippen molar-refractivity contribution in [1.29, 1.82) is 0 Å². The Balaban J connectivity index is 1.42. The first kappa shape index (κ1) is 22.5. The second kappa shape index (κ2) is 9.41. The van der Waals surface area contributed by atoms with E-state index in [2.05, 4.69) is 24.0 Å². The summed E-state index contributed by atoms with van der Waals surface area (Å²) in [6.07, 6.45) is 3.05. The van der Waals surface area contributed by atoms with Gasteiger partial charge < -0.3 is 9.64 Å². The summed E-state index contributed by atoms with van der Waals surface area (Å²) < 4.78 is 19.7. The van der Waals surface area contributed by atoms with Crippen LogP contribution in [0.4, 0.5) is 4.39 Å². The van der Waals surface area contributed by atoms with E-state index in [0.29, 0.717) is 25.1 Å². The number of carbonyl (C=O) groups is 2. The molecule has 0 aromatic heterocycles. The number of aryl methyl sites for hydroxylation is 1. The Morgan fingerprint density at radius 1 is 1.12 bits per heavy atom. The molecule has 0 N–H and O–H groups in total. The zero-order chi connectivity index (χ0) is 22.7. The largest absolute Gasteiger partial charge is 0.484 e. The summed E-state index contributed by atoms with van der Waals surface area (Å²) in [5.74, 6) is 0.631. The minimum atomic E-state index is -0.439. The van der Waals surface area contributed by atoms with Crippen LogP contribution in [0, 0.1) is 12.7 Å². The monoisotopic (exact) mass is 438 g/mol. The van der Waals surface area contributed by atoms with Crippen LogP contribution < -0.4 is 4.74 Å². The van der Waals surface area contributed by atoms with Gasteiger partial charge in [-0.2, -0.15) is 0 Å². The molecule has 1 atom stereocenters. The number of ketones is 1. The van der Waals surface area contributed by atoms with E-state index in [1.807, 2.05) is 11.0 Å². The number of halogens is 1. The molecule has 1 unspecified atom stereocenters. The standard InChI is InChI=1S/C26H31FN2O3/c1-19-6-11-25-22(15-19)16-29(20(2)30)18-26(32-25)12-4-14-28(17-26)13-3-5-24(31)21-7-9-23(27)10-8-21/h6-11,15H,3-5,12-14,16-18H2,1-2H3. The number of hydrogen-bond acceptors (Lipinski definition) is 4. The third kappa shape index (κ3) is 5.18. The third-order valence-electron chi connectivity index (χ3n) is 6.49. The number of carbonyl (C=O) groups excluding carboxylic acids is 2. The minimum absolute atomic E-state index is 0.0366. The second-order valence-electron chi connectivity index (χ2n) is 9.18. The number of rotatable bonds is 5. The van der Waals surface area contributed by atoms with Gasteiger partial charge in [-0.3, -0.25) is 14.5 Å². The average Bonchev–Trinajstić information content (AvgIpc) is 2.90. The smallest absolute Gasteiger partial charge is 0.219 e. The Morgan fingerprint density at radius 2 is 1.91 bits per heavy atom. The van der Waals surface area contributed by atoms with Gasteiger partial charge in [0.05, 0.1) is 6.54 Å². The predicted molar refractivity (Wildman–Crippen MR) is 121 cm³/mol. The number of amides is 1. The van der Waals surface area contributed by atoms with Gasteiger partial charge in [0.1, 0.15) is 17.2 Å². The van der Waals surface area contributed by atoms with Crippen molar-refractivity contribution in [2.45, 2.75) is 51.7 Å². The molecule has 1 fully saturated rings. The van der Waals surface area contributed by atoms with Crippen LogP contribution in [0.25, 0.3) is 0 Å². The Morgan fingerprint density at radius 3 is 2.66 bits per heavy atom. The van der Waals surface area contributed by atoms with Crippen LogP contribution in [0.3, 0.4) is 0 Å². The lowest BCUT2D eigenvalue weighted by Crippen LogP contribution is -2.57. The zero-order valence-corrected chi connectivity index (χ0v) is 18.9. The summed E-state index contributed by atoms with van der Waals surface area (Å²) in [6, 6.07) is 11.9. The van der Waals surface area contributed by atoms with E-state index in [1.165, 1.54) is 12.1 Å². The maximum absolute atomic E-state index is 13.1. The van der Waals surface area contributed by atoms with E-state index in [0.717, 1.165) is 55.8 Å². The highest BCUT2D eigenvalue weighted by Gasteiger charge is 2.42. The van der Waals surface area contributed by atoms with Gasteiger partial charge in [-0.15, -0.1) is 0 Å². The molecule has 170 valence electrons. The van der Waals surface area contributed by atoms with E-state index >= 15 is 0 Å². The summed E-state index contributed by atoms with van der Waals surface area (Å²) in [6.45, 7) is 7.29. The molecular formula is C26H31FN2O3. The SMILES string of the molecule is CC(=O)N1Cc2cc(C)ccc2OC2(CCCN(CCCC(=O)c3ccc(F)cc3)C2)C1. The van der Waals surface area contributed by atoms with Crippen molar-refractivity contribution in [2.75, 3.05) is 26.2 Å². The molecule has 1 saturated heterocycles. The fourth-order valence-corrected chi connectivity index (χ4v) is 4.87. The highest BCUT2D eigenvalue weighted by molar-refractivity contribution is 5.95. The summed E-state index contributed by atoms with van der Waals surface area (Å²) in [5, 5.41) is 0. The van der Waals surface area contributed by atoms with Gasteiger partial charge in [-0.05, 0) is 69.6 Å². The molecule has 2 aliphatic rings. The van der Waals surface area contributed by atoms with Gasteiger partial charge in [-0.25, -0.2) is 4.39 Å². The van der Waals surface area contributed by atoms with Crippen LogP contribution in [0.2, 0.25) is 0 Å². The van der Waals surface area contributed by atoms with Crippen LogP contribution in [0.5, 0.6) is 5.75 Å². The lowest BCUT2D eigenvalue weighted by atomic mass is 9.91. The molecule has 1 spiro atoms. The van der Waals surface area contributed by atoms with Crippen molar-refractivity contribution in [1.82, 2.24) is 9.80 Å². The Labute approximate surface area is 189 Å². The number of piperidine rings is 1. The van der Waals surface area contributed by atoms with Gasteiger partial charge in [0, 0.05) is 37.6 Å². The van der Waals surface area contributed by atoms with Crippen molar-refractivity contribution in [3.63, 3.8) is 0 Å². The minimum Gasteiger partial charge on any atom is -0.484 e. The van der Waals surface area contributed by atoms with Crippen molar-refractivity contribution < 1.29 is 18.7 Å². The highest BCUT2D eigenvalue weighted by atomic mass is 19.1. The molecule has 0 bridgehead atoms. The first-order chi connectivity index (χ1) is 15.3. The number of fused-ring (bicyclic) bond motifs is 1. The number of benzene rings is 2. The first-order valence-electron chi connectivity index (χ1n) is 11.4. The molecule has 32 heavy (non-hydrogen) atoms. The number of nitrogens with zero attached hydrogens (tertiary/aromatic N) is 2. The van der Waals surface area contributed by atoms with Gasteiger partial charge in [0.2, 0.25) is 5.91 Å². The Kier molecular flexibility index (Phi) is 6.60. The Bertz CT molecular complexity index is 991. The van der Waals surface area contributed by atoms with Crippen LogP contribution in [0.15, 0.2) is 42.5 Å². The van der Waals surface area contributed by atoms with Crippen LogP contribution >= 0.6 is 0 Å². The molecular weight excluding hydrogens is 407 g/mol. The van der Waals surface area contributed by atoms with E-state index in [9.17, 15) is 14.0 Å². The number of hydrogen-bond donors (Lipinski definition) is 0. The highest BCUT2D eigenvalue weighted by Crippen LogP contribution is 2.35. The third-order valence-corrected chi connectivity index (χ3v) is 6.49. The maximum Gasteiger partial charge on any atom is 0.219 e. The summed E-state index contributed by atoms with van der Waals surface area (Å²) in [7, 11) is 0. The summed E-state index contributed by atoms with van der Waals surface area (Å²) in [4.78, 5) is 29.0. The van der Waals surface area contributed by atoms with Crippen LogP contribution in [-0.4, -0.2) is 53.3 Å². The predicted octanol–water partition coefficient (Wildman–Crippen LogP) is 4.37. The van der Waals surface area contributed by atoms with Crippen LogP contribution in [-0.2, 0) is 11.3 Å². The first-order valence-corrected chi connectivity index (χ1v) is 11.4. The van der Waals surface area contributed by atoms with Crippen molar-refractivity contribution in [2.24, 2.45) is 0 Å². The summed E-state index contributed by atoms with van der Waals surface area (Å²) >= 11 is 0. The number of likely N-dealkylation sites (tertiary alicyclic amines) is 1. The van der Waals surface area contributed by atoms with Gasteiger partial charge in [0.15, 0.2) is 5.78 Å². The molecule has 4 rings (SSSR count). The summed E-state index contributed by atoms with van der Waals surface area (Å²) in [5.41, 5.74) is 2.32. The van der Waals surface area contributed by atoms with Gasteiger partial charge in [-0.1, -0.05) is 17.7 Å². The topological polar surface area (TPSA) is 49.9 Å². The quantitative estimate of drug-likeness (QED) is 0.651. The van der Waals surface area contributed by atoms with Crippen molar-refractivity contribution >= 4 is 11.7 Å². The molecule has 2 heterocycles. The van der Waals surface area contributed by atoms with Gasteiger partial charge >= 0.3 is 0 Å². The average molecular weight is 439 g/mol. The van der Waals surface area contributed by atoms with Crippen molar-refractivity contribution in [3.8, 4) is 5.75 Å². The Hall–Kier alpha value is -2.73. The zero-order valence-electron chi connectivity index (χ0n) is 18.9. The number of Topliss-reactive ketones (excluding diaryl/α,β-unsaturated/α-hetero) is 1. The number of ether oxygens (including phenoxy) is 1. The molecule has 0 saturated carbocycles. The fraction of sp³-hybridized carbons (Fsp3) is 0.462. The molecule has 5 nitrogen and oxygen atoms in total. The van der Waals surface area contributed by atoms with E-state index in [1.54, 1.807) is 19.1 Å². The van der Waals surface area contributed by atoms with Crippen LogP contribution in [0.1, 0.15) is 54.1 Å². The molecule has 2 aliphatic heterocycles. The molecule has 2 aromatic carbocycles. The van der Waals surface area contributed by atoms with Gasteiger partial charge in [0.25, 0.3) is 0 Å². The maximum atomic E-state index is 13.1. The van der Waals surface area contributed by atoms with Crippen molar-refractivity contribution in [3.05, 3.63) is 65.0 Å². The lowest BCUT2D eigenvalue weighted by molar-refractivity contribution is -0.133. The molecule has 1 amide bonds. The second-order valence-corrected chi connectivity index (χ2v) is 9.18. The molecule has 2 aromatic rings. The lowest BCUT2D eigenvalue weighted by Gasteiger charge is -2.43.